The molecular weight excluding hydrogens is 411 g/mol. The summed E-state index contributed by atoms with van der Waals surface area (Å²) in [6, 6.07) is 13.5. The van der Waals surface area contributed by atoms with Gasteiger partial charge in [-0.15, -0.1) is 5.10 Å². The summed E-state index contributed by atoms with van der Waals surface area (Å²) < 4.78 is 53.7. The van der Waals surface area contributed by atoms with Crippen LogP contribution in [-0.4, -0.2) is 37.2 Å². The molecule has 1 N–H and O–H groups in total. The number of hydrogen-bond acceptors (Lipinski definition) is 6. The van der Waals surface area contributed by atoms with Crippen LogP contribution in [0.5, 0.6) is 11.6 Å². The molecule has 4 rings (SSSR count). The number of rotatable bonds is 6. The van der Waals surface area contributed by atoms with Crippen LogP contribution in [0, 0.1) is 5.82 Å². The Morgan fingerprint density at radius 1 is 1.03 bits per heavy atom. The molecule has 0 amide bonds. The van der Waals surface area contributed by atoms with Crippen molar-refractivity contribution >= 4 is 21.4 Å². The van der Waals surface area contributed by atoms with Gasteiger partial charge in [0.05, 0.1) is 31.8 Å². The predicted octanol–water partition coefficient (Wildman–Crippen LogP) is 3.35. The normalized spacial score (nSPS) is 11.4. The molecule has 0 saturated heterocycles. The van der Waals surface area contributed by atoms with Gasteiger partial charge in [-0.05, 0) is 36.4 Å². The van der Waals surface area contributed by atoms with Gasteiger partial charge >= 0.3 is 0 Å². The highest BCUT2D eigenvalue weighted by atomic mass is 32.2. The molecule has 0 bridgehead atoms. The second-order valence-electron chi connectivity index (χ2n) is 6.26. The Kier molecular flexibility index (Phi) is 5.00. The maximum Gasteiger partial charge on any atom is 0.264 e. The number of hydrogen-bond donors (Lipinski definition) is 1. The summed E-state index contributed by atoms with van der Waals surface area (Å²) in [5.74, 6) is -0.137. The Labute approximate surface area is 172 Å². The topological polar surface area (TPSA) is 94.8 Å². The Balaban J connectivity index is 1.75. The molecule has 0 spiro atoms. The minimum Gasteiger partial charge on any atom is -0.495 e. The standard InChI is InChI=1S/C20H17FN4O4S/c1-28-17-8-7-13(16-12-25-19(22-16)9-10-20(23-25)29-2)11-15(17)24-30(26,27)18-6-4-3-5-14(18)21/h3-12,24H,1-2H3. The molecule has 10 heteroatoms. The molecule has 0 aliphatic carbocycles. The fourth-order valence-electron chi connectivity index (χ4n) is 2.92. The van der Waals surface area contributed by atoms with E-state index in [0.29, 0.717) is 22.8 Å². The molecule has 2 aromatic heterocycles. The largest absolute Gasteiger partial charge is 0.495 e. The van der Waals surface area contributed by atoms with Crippen molar-refractivity contribution in [1.29, 1.82) is 0 Å². The van der Waals surface area contributed by atoms with Crippen molar-refractivity contribution in [3.63, 3.8) is 0 Å². The Morgan fingerprint density at radius 3 is 2.57 bits per heavy atom. The van der Waals surface area contributed by atoms with Crippen molar-refractivity contribution in [3.05, 3.63) is 66.6 Å². The molecule has 0 unspecified atom stereocenters. The number of nitrogens with zero attached hydrogens (tertiary/aromatic N) is 3. The lowest BCUT2D eigenvalue weighted by Crippen LogP contribution is -2.15. The Hall–Kier alpha value is -3.66. The molecule has 2 heterocycles. The first kappa shape index (κ1) is 19.6. The second kappa shape index (κ2) is 7.64. The summed E-state index contributed by atoms with van der Waals surface area (Å²) in [4.78, 5) is 4.03. The number of aromatic nitrogens is 3. The minimum absolute atomic E-state index is 0.154. The van der Waals surface area contributed by atoms with E-state index in [1.807, 2.05) is 0 Å². The Bertz CT molecular complexity index is 1340. The summed E-state index contributed by atoms with van der Waals surface area (Å²) in [5.41, 5.74) is 1.92. The summed E-state index contributed by atoms with van der Waals surface area (Å²) in [5, 5.41) is 4.26. The van der Waals surface area contributed by atoms with Crippen molar-refractivity contribution < 1.29 is 22.3 Å². The molecule has 2 aromatic carbocycles. The highest BCUT2D eigenvalue weighted by Crippen LogP contribution is 2.32. The second-order valence-corrected chi connectivity index (χ2v) is 7.91. The number of anilines is 1. The average molecular weight is 428 g/mol. The maximum atomic E-state index is 14.0. The van der Waals surface area contributed by atoms with Gasteiger partial charge in [0.1, 0.15) is 16.5 Å². The molecule has 4 aromatic rings. The van der Waals surface area contributed by atoms with Crippen molar-refractivity contribution in [2.45, 2.75) is 4.90 Å². The highest BCUT2D eigenvalue weighted by Gasteiger charge is 2.21. The first-order valence-corrected chi connectivity index (χ1v) is 10.3. The number of sulfonamides is 1. The van der Waals surface area contributed by atoms with Crippen LogP contribution in [0.25, 0.3) is 16.9 Å². The third-order valence-corrected chi connectivity index (χ3v) is 5.77. The third-order valence-electron chi connectivity index (χ3n) is 4.37. The summed E-state index contributed by atoms with van der Waals surface area (Å²) in [7, 11) is -1.24. The number of fused-ring (bicyclic) bond motifs is 1. The summed E-state index contributed by atoms with van der Waals surface area (Å²) in [6.45, 7) is 0. The summed E-state index contributed by atoms with van der Waals surface area (Å²) in [6.07, 6.45) is 1.69. The van der Waals surface area contributed by atoms with Crippen molar-refractivity contribution in [2.24, 2.45) is 0 Å². The van der Waals surface area contributed by atoms with E-state index in [2.05, 4.69) is 14.8 Å². The molecular formula is C20H17FN4O4S. The molecule has 154 valence electrons. The lowest BCUT2D eigenvalue weighted by Gasteiger charge is -2.13. The van der Waals surface area contributed by atoms with Gasteiger partial charge in [0, 0.05) is 11.6 Å². The van der Waals surface area contributed by atoms with E-state index in [-0.39, 0.29) is 11.4 Å². The molecule has 0 fully saturated rings. The van der Waals surface area contributed by atoms with Gasteiger partial charge in [0.2, 0.25) is 5.88 Å². The van der Waals surface area contributed by atoms with Crippen molar-refractivity contribution in [1.82, 2.24) is 14.6 Å². The zero-order chi connectivity index (χ0) is 21.3. The SMILES string of the molecule is COc1ccc2nc(-c3ccc(OC)c(NS(=O)(=O)c4ccccc4F)c3)cn2n1. The van der Waals surface area contributed by atoms with Gasteiger partial charge in [-0.25, -0.2) is 22.3 Å². The van der Waals surface area contributed by atoms with Gasteiger partial charge in [-0.2, -0.15) is 0 Å². The van der Waals surface area contributed by atoms with Crippen molar-refractivity contribution in [3.8, 4) is 22.9 Å². The highest BCUT2D eigenvalue weighted by molar-refractivity contribution is 7.92. The van der Waals surface area contributed by atoms with E-state index in [9.17, 15) is 12.8 Å². The van der Waals surface area contributed by atoms with E-state index in [1.54, 1.807) is 41.0 Å². The number of imidazole rings is 1. The molecule has 0 atom stereocenters. The van der Waals surface area contributed by atoms with E-state index < -0.39 is 20.7 Å². The number of nitrogens with one attached hydrogen (secondary N) is 1. The van der Waals surface area contributed by atoms with Gasteiger partial charge in [0.15, 0.2) is 5.65 Å². The quantitative estimate of drug-likeness (QED) is 0.506. The smallest absolute Gasteiger partial charge is 0.264 e. The molecule has 0 saturated carbocycles. The minimum atomic E-state index is -4.17. The fraction of sp³-hybridized carbons (Fsp3) is 0.100. The fourth-order valence-corrected chi connectivity index (χ4v) is 4.06. The summed E-state index contributed by atoms with van der Waals surface area (Å²) >= 11 is 0. The zero-order valence-corrected chi connectivity index (χ0v) is 16.9. The van der Waals surface area contributed by atoms with Crippen LogP contribution in [0.15, 0.2) is 65.7 Å². The third kappa shape index (κ3) is 3.64. The van der Waals surface area contributed by atoms with E-state index in [0.717, 1.165) is 6.07 Å². The van der Waals surface area contributed by atoms with Gasteiger partial charge < -0.3 is 9.47 Å². The number of halogens is 1. The molecule has 0 radical (unpaired) electrons. The van der Waals surface area contributed by atoms with Crippen molar-refractivity contribution in [2.75, 3.05) is 18.9 Å². The lowest BCUT2D eigenvalue weighted by atomic mass is 10.1. The maximum absolute atomic E-state index is 14.0. The van der Waals surface area contributed by atoms with Crippen LogP contribution in [-0.2, 0) is 10.0 Å². The number of methoxy groups -OCH3 is 2. The lowest BCUT2D eigenvalue weighted by molar-refractivity contribution is 0.390. The Morgan fingerprint density at radius 2 is 1.83 bits per heavy atom. The van der Waals surface area contributed by atoms with E-state index >= 15 is 0 Å². The van der Waals surface area contributed by atoms with Gasteiger partial charge in [-0.1, -0.05) is 12.1 Å². The molecule has 0 aliphatic heterocycles. The predicted molar refractivity (Wildman–Crippen MR) is 109 cm³/mol. The zero-order valence-electron chi connectivity index (χ0n) is 16.0. The average Bonchev–Trinajstić information content (AvgIpc) is 3.17. The van der Waals surface area contributed by atoms with Crippen LogP contribution >= 0.6 is 0 Å². The molecule has 0 aliphatic rings. The van der Waals surface area contributed by atoms with Crippen LogP contribution in [0.2, 0.25) is 0 Å². The van der Waals surface area contributed by atoms with Crippen LogP contribution < -0.4 is 14.2 Å². The number of ether oxygens (including phenoxy) is 2. The first-order chi connectivity index (χ1) is 14.4. The number of benzene rings is 2. The van der Waals surface area contributed by atoms with Crippen LogP contribution in [0.1, 0.15) is 0 Å². The van der Waals surface area contributed by atoms with E-state index in [1.165, 1.54) is 32.4 Å². The first-order valence-electron chi connectivity index (χ1n) is 8.77. The van der Waals surface area contributed by atoms with E-state index in [4.69, 9.17) is 9.47 Å². The van der Waals surface area contributed by atoms with Gasteiger partial charge in [-0.3, -0.25) is 4.72 Å². The monoisotopic (exact) mass is 428 g/mol. The van der Waals surface area contributed by atoms with Crippen LogP contribution in [0.4, 0.5) is 10.1 Å². The molecule has 8 nitrogen and oxygen atoms in total. The molecule has 30 heavy (non-hydrogen) atoms. The van der Waals surface area contributed by atoms with Crippen LogP contribution in [0.3, 0.4) is 0 Å². The van der Waals surface area contributed by atoms with Gasteiger partial charge in [0.25, 0.3) is 10.0 Å².